The lowest BCUT2D eigenvalue weighted by atomic mass is 10.2. The van der Waals surface area contributed by atoms with Crippen LogP contribution in [0.1, 0.15) is 5.89 Å². The highest BCUT2D eigenvalue weighted by molar-refractivity contribution is 7.90. The van der Waals surface area contributed by atoms with Crippen LogP contribution in [0.3, 0.4) is 0 Å². The number of sulfone groups is 1. The average Bonchev–Trinajstić information content (AvgIpc) is 3.02. The van der Waals surface area contributed by atoms with Gasteiger partial charge in [0.05, 0.1) is 4.90 Å². The molecule has 0 bridgehead atoms. The highest BCUT2D eigenvalue weighted by Crippen LogP contribution is 2.19. The lowest BCUT2D eigenvalue weighted by Gasteiger charge is -2.04. The van der Waals surface area contributed by atoms with E-state index in [0.717, 1.165) is 6.26 Å². The van der Waals surface area contributed by atoms with Crippen LogP contribution in [0.5, 0.6) is 5.75 Å². The van der Waals surface area contributed by atoms with Gasteiger partial charge in [0, 0.05) is 11.8 Å². The maximum absolute atomic E-state index is 12.9. The van der Waals surface area contributed by atoms with Crippen molar-refractivity contribution in [1.82, 2.24) is 10.1 Å². The Bertz CT molecular complexity index is 935. The van der Waals surface area contributed by atoms with Crippen LogP contribution in [0, 0.1) is 5.82 Å². The minimum Gasteiger partial charge on any atom is -0.484 e. The molecule has 0 unspecified atom stereocenters. The molecular formula is C16H13FN2O4S. The molecular weight excluding hydrogens is 335 g/mol. The number of halogens is 1. The second kappa shape index (κ2) is 6.40. The molecule has 8 heteroatoms. The number of hydrogen-bond donors (Lipinski definition) is 0. The van der Waals surface area contributed by atoms with E-state index in [4.69, 9.17) is 9.26 Å². The van der Waals surface area contributed by atoms with Crippen LogP contribution in [-0.2, 0) is 16.4 Å². The van der Waals surface area contributed by atoms with E-state index < -0.39 is 9.84 Å². The van der Waals surface area contributed by atoms with Gasteiger partial charge >= 0.3 is 0 Å². The maximum Gasteiger partial charge on any atom is 0.264 e. The molecule has 0 radical (unpaired) electrons. The van der Waals surface area contributed by atoms with Gasteiger partial charge in [0.25, 0.3) is 5.89 Å². The summed E-state index contributed by atoms with van der Waals surface area (Å²) >= 11 is 0. The molecule has 0 atom stereocenters. The first-order chi connectivity index (χ1) is 11.4. The van der Waals surface area contributed by atoms with Crippen molar-refractivity contribution in [1.29, 1.82) is 0 Å². The first-order valence-corrected chi connectivity index (χ1v) is 8.82. The van der Waals surface area contributed by atoms with E-state index >= 15 is 0 Å². The molecule has 0 aliphatic heterocycles. The summed E-state index contributed by atoms with van der Waals surface area (Å²) < 4.78 is 46.2. The molecule has 0 aliphatic carbocycles. The molecule has 1 heterocycles. The summed E-state index contributed by atoms with van der Waals surface area (Å²) in [6, 6.07) is 11.7. The van der Waals surface area contributed by atoms with Gasteiger partial charge in [-0.3, -0.25) is 0 Å². The van der Waals surface area contributed by atoms with Gasteiger partial charge < -0.3 is 9.26 Å². The predicted molar refractivity (Wildman–Crippen MR) is 83.6 cm³/mol. The van der Waals surface area contributed by atoms with Crippen molar-refractivity contribution in [2.75, 3.05) is 6.26 Å². The van der Waals surface area contributed by atoms with E-state index in [1.165, 1.54) is 24.3 Å². The van der Waals surface area contributed by atoms with Gasteiger partial charge in [0.2, 0.25) is 5.82 Å². The number of benzene rings is 2. The Kier molecular flexibility index (Phi) is 4.30. The molecule has 24 heavy (non-hydrogen) atoms. The van der Waals surface area contributed by atoms with E-state index in [0.29, 0.717) is 17.1 Å². The summed E-state index contributed by atoms with van der Waals surface area (Å²) in [7, 11) is -3.24. The Morgan fingerprint density at radius 3 is 2.38 bits per heavy atom. The molecule has 124 valence electrons. The molecule has 0 saturated carbocycles. The van der Waals surface area contributed by atoms with Crippen LogP contribution in [0.25, 0.3) is 11.4 Å². The number of hydrogen-bond acceptors (Lipinski definition) is 6. The molecule has 2 aromatic carbocycles. The zero-order valence-electron chi connectivity index (χ0n) is 12.6. The molecule has 0 fully saturated rings. The van der Waals surface area contributed by atoms with Crippen molar-refractivity contribution in [2.45, 2.75) is 11.5 Å². The Morgan fingerprint density at radius 2 is 1.75 bits per heavy atom. The van der Waals surface area contributed by atoms with Crippen molar-refractivity contribution in [3.05, 3.63) is 60.2 Å². The minimum atomic E-state index is -3.24. The van der Waals surface area contributed by atoms with Gasteiger partial charge in [-0.25, -0.2) is 12.8 Å². The van der Waals surface area contributed by atoms with Gasteiger partial charge in [-0.15, -0.1) is 0 Å². The zero-order valence-corrected chi connectivity index (χ0v) is 13.5. The Morgan fingerprint density at radius 1 is 1.08 bits per heavy atom. The van der Waals surface area contributed by atoms with Crippen molar-refractivity contribution in [3.63, 3.8) is 0 Å². The van der Waals surface area contributed by atoms with E-state index in [9.17, 15) is 12.8 Å². The van der Waals surface area contributed by atoms with Gasteiger partial charge in [-0.2, -0.15) is 4.98 Å². The van der Waals surface area contributed by atoms with Gasteiger partial charge in [0.1, 0.15) is 11.6 Å². The second-order valence-electron chi connectivity index (χ2n) is 5.05. The number of nitrogens with zero attached hydrogens (tertiary/aromatic N) is 2. The average molecular weight is 348 g/mol. The zero-order chi connectivity index (χ0) is 17.2. The van der Waals surface area contributed by atoms with Crippen molar-refractivity contribution < 1.29 is 22.1 Å². The van der Waals surface area contributed by atoms with E-state index in [1.807, 2.05) is 0 Å². The SMILES string of the molecule is CS(=O)(=O)c1ccc(OCc2nc(-c3ccc(F)cc3)no2)cc1. The molecule has 3 rings (SSSR count). The smallest absolute Gasteiger partial charge is 0.264 e. The Balaban J connectivity index is 1.66. The first-order valence-electron chi connectivity index (χ1n) is 6.93. The molecule has 0 aliphatic rings. The Hall–Kier alpha value is -2.74. The fourth-order valence-corrected chi connectivity index (χ4v) is 2.59. The standard InChI is InChI=1S/C16H13FN2O4S/c1-24(20,21)14-8-6-13(7-9-14)22-10-15-18-16(19-23-15)11-2-4-12(17)5-3-11/h2-9H,10H2,1H3. The lowest BCUT2D eigenvalue weighted by molar-refractivity contribution is 0.243. The third kappa shape index (κ3) is 3.77. The summed E-state index contributed by atoms with van der Waals surface area (Å²) in [5, 5.41) is 3.81. The monoisotopic (exact) mass is 348 g/mol. The van der Waals surface area contributed by atoms with Crippen molar-refractivity contribution in [3.8, 4) is 17.1 Å². The van der Waals surface area contributed by atoms with Crippen molar-refractivity contribution in [2.24, 2.45) is 0 Å². The van der Waals surface area contributed by atoms with Gasteiger partial charge in [-0.05, 0) is 48.5 Å². The van der Waals surface area contributed by atoms with Crippen LogP contribution in [0.2, 0.25) is 0 Å². The third-order valence-electron chi connectivity index (χ3n) is 3.18. The van der Waals surface area contributed by atoms with Crippen LogP contribution >= 0.6 is 0 Å². The molecule has 3 aromatic rings. The van der Waals surface area contributed by atoms with E-state index in [-0.39, 0.29) is 23.2 Å². The quantitative estimate of drug-likeness (QED) is 0.705. The summed E-state index contributed by atoms with van der Waals surface area (Å²) in [6.07, 6.45) is 1.14. The number of rotatable bonds is 5. The van der Waals surface area contributed by atoms with Gasteiger partial charge in [-0.1, -0.05) is 5.16 Å². The second-order valence-corrected chi connectivity index (χ2v) is 7.07. The number of ether oxygens (including phenoxy) is 1. The minimum absolute atomic E-state index is 0.0341. The Labute approximate surface area is 137 Å². The fourth-order valence-electron chi connectivity index (χ4n) is 1.96. The largest absolute Gasteiger partial charge is 0.484 e. The summed E-state index contributed by atoms with van der Waals surface area (Å²) in [5.41, 5.74) is 0.629. The molecule has 0 amide bonds. The topological polar surface area (TPSA) is 82.3 Å². The predicted octanol–water partition coefficient (Wildman–Crippen LogP) is 2.86. The molecule has 0 N–H and O–H groups in total. The van der Waals surface area contributed by atoms with E-state index in [1.54, 1.807) is 24.3 Å². The van der Waals surface area contributed by atoms with Crippen LogP contribution < -0.4 is 4.74 Å². The fraction of sp³-hybridized carbons (Fsp3) is 0.125. The molecule has 0 spiro atoms. The lowest BCUT2D eigenvalue weighted by Crippen LogP contribution is -1.98. The molecule has 0 saturated heterocycles. The molecule has 1 aromatic heterocycles. The summed E-state index contributed by atoms with van der Waals surface area (Å²) in [4.78, 5) is 4.38. The van der Waals surface area contributed by atoms with Crippen LogP contribution in [0.15, 0.2) is 57.9 Å². The maximum atomic E-state index is 12.9. The molecule has 6 nitrogen and oxygen atoms in total. The normalized spacial score (nSPS) is 11.4. The summed E-state index contributed by atoms with van der Waals surface area (Å²) in [6.45, 7) is 0.0341. The highest BCUT2D eigenvalue weighted by atomic mass is 32.2. The van der Waals surface area contributed by atoms with E-state index in [2.05, 4.69) is 10.1 Å². The number of aromatic nitrogens is 2. The van der Waals surface area contributed by atoms with Gasteiger partial charge in [0.15, 0.2) is 16.4 Å². The van der Waals surface area contributed by atoms with Crippen molar-refractivity contribution >= 4 is 9.84 Å². The highest BCUT2D eigenvalue weighted by Gasteiger charge is 2.10. The van der Waals surface area contributed by atoms with Crippen LogP contribution in [-0.4, -0.2) is 24.8 Å². The third-order valence-corrected chi connectivity index (χ3v) is 4.31. The summed E-state index contributed by atoms with van der Waals surface area (Å²) in [5.74, 6) is 0.717. The first kappa shape index (κ1) is 16.1. The van der Waals surface area contributed by atoms with Crippen LogP contribution in [0.4, 0.5) is 4.39 Å².